The third-order valence-electron chi connectivity index (χ3n) is 5.83. The van der Waals surface area contributed by atoms with E-state index in [9.17, 15) is 13.6 Å². The first-order valence-corrected chi connectivity index (χ1v) is 10.8. The van der Waals surface area contributed by atoms with Gasteiger partial charge in [-0.25, -0.2) is 19.2 Å². The van der Waals surface area contributed by atoms with Crippen LogP contribution in [0.1, 0.15) is 23.6 Å². The topological polar surface area (TPSA) is 81.8 Å². The molecule has 0 saturated carbocycles. The number of amides is 1. The number of carbonyl (C=O) groups excluding carboxylic acids is 1. The molecule has 3 aliphatic rings. The maximum absolute atomic E-state index is 13.5. The van der Waals surface area contributed by atoms with E-state index < -0.39 is 12.5 Å². The molecule has 10 heteroatoms. The normalized spacial score (nSPS) is 22.1. The Balaban J connectivity index is 1.30. The summed E-state index contributed by atoms with van der Waals surface area (Å²) in [6, 6.07) is 9.48. The highest BCUT2D eigenvalue weighted by atomic mass is 19.3. The number of hydrazine groups is 1. The van der Waals surface area contributed by atoms with Gasteiger partial charge in [0, 0.05) is 42.8 Å². The lowest BCUT2D eigenvalue weighted by atomic mass is 9.99. The zero-order valence-corrected chi connectivity index (χ0v) is 17.7. The standard InChI is InChI=1S/C23H24F2N6O2/c24-22(25)17-4-2-1-3-16(17)18-5-6-20-27-14-19(31(20)29-18)23(32)28-15-7-8-26-21(13-15)30-9-11-33-12-10-30/h1-8,13-14,18,20,22,27,29H,9-12H2,(H,26,28,32). The molecule has 0 bridgehead atoms. The quantitative estimate of drug-likeness (QED) is 0.600. The Hall–Kier alpha value is -3.50. The highest BCUT2D eigenvalue weighted by Crippen LogP contribution is 2.31. The molecule has 1 aromatic heterocycles. The van der Waals surface area contributed by atoms with Crippen LogP contribution in [0.15, 0.2) is 66.6 Å². The zero-order chi connectivity index (χ0) is 22.8. The highest BCUT2D eigenvalue weighted by molar-refractivity contribution is 6.03. The second kappa shape index (κ2) is 9.16. The predicted octanol–water partition coefficient (Wildman–Crippen LogP) is 2.68. The Morgan fingerprint density at radius 3 is 2.82 bits per heavy atom. The molecule has 2 atom stereocenters. The lowest BCUT2D eigenvalue weighted by Gasteiger charge is -2.35. The van der Waals surface area contributed by atoms with Gasteiger partial charge in [0.25, 0.3) is 12.3 Å². The number of nitrogens with one attached hydrogen (secondary N) is 3. The number of halogens is 2. The number of rotatable bonds is 5. The second-order valence-corrected chi connectivity index (χ2v) is 7.89. The molecule has 33 heavy (non-hydrogen) atoms. The van der Waals surface area contributed by atoms with Crippen LogP contribution in [-0.4, -0.2) is 48.4 Å². The van der Waals surface area contributed by atoms with Crippen molar-refractivity contribution >= 4 is 17.4 Å². The van der Waals surface area contributed by atoms with Crippen molar-refractivity contribution in [1.29, 1.82) is 0 Å². The summed E-state index contributed by atoms with van der Waals surface area (Å²) in [6.07, 6.45) is 4.07. The lowest BCUT2D eigenvalue weighted by molar-refractivity contribution is -0.114. The van der Waals surface area contributed by atoms with Gasteiger partial charge in [0.15, 0.2) is 0 Å². The zero-order valence-electron chi connectivity index (χ0n) is 17.7. The van der Waals surface area contributed by atoms with E-state index in [0.29, 0.717) is 30.2 Å². The number of hydrogen-bond donors (Lipinski definition) is 3. The predicted molar refractivity (Wildman–Crippen MR) is 119 cm³/mol. The van der Waals surface area contributed by atoms with E-state index in [1.165, 1.54) is 6.07 Å². The first kappa shape index (κ1) is 21.4. The van der Waals surface area contributed by atoms with E-state index in [1.807, 2.05) is 18.2 Å². The van der Waals surface area contributed by atoms with E-state index >= 15 is 0 Å². The molecule has 2 unspecified atom stereocenters. The fourth-order valence-corrected chi connectivity index (χ4v) is 4.16. The molecule has 3 N–H and O–H groups in total. The largest absolute Gasteiger partial charge is 0.378 e. The molecule has 0 radical (unpaired) electrons. The molecule has 3 aliphatic heterocycles. The van der Waals surface area contributed by atoms with Crippen LogP contribution in [0.4, 0.5) is 20.3 Å². The molecule has 4 heterocycles. The van der Waals surface area contributed by atoms with Crippen LogP contribution in [0.25, 0.3) is 0 Å². The van der Waals surface area contributed by atoms with Crippen molar-refractivity contribution in [1.82, 2.24) is 20.7 Å². The van der Waals surface area contributed by atoms with Crippen LogP contribution in [0, 0.1) is 0 Å². The minimum atomic E-state index is -2.59. The first-order chi connectivity index (χ1) is 16.1. The third kappa shape index (κ3) is 4.39. The van der Waals surface area contributed by atoms with Crippen LogP contribution >= 0.6 is 0 Å². The summed E-state index contributed by atoms with van der Waals surface area (Å²) in [5.41, 5.74) is 4.60. The maximum Gasteiger partial charge on any atom is 0.274 e. The van der Waals surface area contributed by atoms with Crippen LogP contribution in [0.3, 0.4) is 0 Å². The summed E-state index contributed by atoms with van der Waals surface area (Å²) in [4.78, 5) is 19.6. The van der Waals surface area contributed by atoms with Crippen LogP contribution in [0.2, 0.25) is 0 Å². The Kier molecular flexibility index (Phi) is 5.93. The third-order valence-corrected chi connectivity index (χ3v) is 5.83. The van der Waals surface area contributed by atoms with E-state index in [0.717, 1.165) is 18.9 Å². The fourth-order valence-electron chi connectivity index (χ4n) is 4.16. The average Bonchev–Trinajstić information content (AvgIpc) is 3.28. The molecular formula is C23H24F2N6O2. The molecule has 1 saturated heterocycles. The van der Waals surface area contributed by atoms with Gasteiger partial charge in [-0.1, -0.05) is 30.3 Å². The SMILES string of the molecule is O=C(Nc1ccnc(N2CCOCC2)c1)C1=CNC2C=CC(c3ccccc3C(F)F)NN12. The monoisotopic (exact) mass is 454 g/mol. The van der Waals surface area contributed by atoms with Gasteiger partial charge in [-0.2, -0.15) is 0 Å². The number of morpholine rings is 1. The molecule has 8 nitrogen and oxygen atoms in total. The number of ether oxygens (including phenoxy) is 1. The molecule has 2 aromatic rings. The number of carbonyl (C=O) groups is 1. The molecular weight excluding hydrogens is 430 g/mol. The molecule has 1 fully saturated rings. The average molecular weight is 454 g/mol. The van der Waals surface area contributed by atoms with E-state index in [1.54, 1.807) is 41.7 Å². The summed E-state index contributed by atoms with van der Waals surface area (Å²) in [7, 11) is 0. The fraction of sp³-hybridized carbons (Fsp3) is 0.304. The van der Waals surface area contributed by atoms with E-state index in [2.05, 4.69) is 25.9 Å². The van der Waals surface area contributed by atoms with Gasteiger partial charge < -0.3 is 20.3 Å². The molecule has 172 valence electrons. The van der Waals surface area contributed by atoms with Gasteiger partial charge in [-0.3, -0.25) is 9.80 Å². The van der Waals surface area contributed by atoms with Crippen LogP contribution in [-0.2, 0) is 9.53 Å². The minimum Gasteiger partial charge on any atom is -0.378 e. The summed E-state index contributed by atoms with van der Waals surface area (Å²) in [5, 5.41) is 7.69. The van der Waals surface area contributed by atoms with Crippen molar-refractivity contribution in [2.45, 2.75) is 18.6 Å². The van der Waals surface area contributed by atoms with Gasteiger partial charge in [-0.15, -0.1) is 0 Å². The number of fused-ring (bicyclic) bond motifs is 1. The van der Waals surface area contributed by atoms with Crippen molar-refractivity contribution < 1.29 is 18.3 Å². The Labute approximate surface area is 189 Å². The lowest BCUT2D eigenvalue weighted by Crippen LogP contribution is -2.50. The van der Waals surface area contributed by atoms with Crippen molar-refractivity contribution in [3.05, 3.63) is 77.8 Å². The number of pyridine rings is 1. The molecule has 1 amide bonds. The summed E-state index contributed by atoms with van der Waals surface area (Å²) < 4.78 is 32.4. The van der Waals surface area contributed by atoms with Gasteiger partial charge in [0.2, 0.25) is 0 Å². The van der Waals surface area contributed by atoms with Gasteiger partial charge in [0.05, 0.1) is 19.3 Å². The van der Waals surface area contributed by atoms with Gasteiger partial charge in [0.1, 0.15) is 17.7 Å². The van der Waals surface area contributed by atoms with Gasteiger partial charge >= 0.3 is 0 Å². The van der Waals surface area contributed by atoms with Crippen molar-refractivity contribution in [3.8, 4) is 0 Å². The highest BCUT2D eigenvalue weighted by Gasteiger charge is 2.34. The molecule has 5 rings (SSSR count). The number of anilines is 2. The number of nitrogens with zero attached hydrogens (tertiary/aromatic N) is 3. The van der Waals surface area contributed by atoms with Gasteiger partial charge in [-0.05, 0) is 17.7 Å². The Morgan fingerprint density at radius 2 is 2.00 bits per heavy atom. The summed E-state index contributed by atoms with van der Waals surface area (Å²) in [6.45, 7) is 2.77. The number of benzene rings is 1. The summed E-state index contributed by atoms with van der Waals surface area (Å²) >= 11 is 0. The summed E-state index contributed by atoms with van der Waals surface area (Å²) in [5.74, 6) is 0.447. The van der Waals surface area contributed by atoms with Crippen molar-refractivity contribution in [2.24, 2.45) is 0 Å². The number of aromatic nitrogens is 1. The number of hydrogen-bond acceptors (Lipinski definition) is 7. The molecule has 0 spiro atoms. The minimum absolute atomic E-state index is 0.0346. The maximum atomic E-state index is 13.5. The second-order valence-electron chi connectivity index (χ2n) is 7.89. The Morgan fingerprint density at radius 1 is 1.18 bits per heavy atom. The first-order valence-electron chi connectivity index (χ1n) is 10.8. The van der Waals surface area contributed by atoms with Crippen LogP contribution < -0.4 is 21.0 Å². The number of alkyl halides is 2. The van der Waals surface area contributed by atoms with Crippen molar-refractivity contribution in [2.75, 3.05) is 36.5 Å². The smallest absolute Gasteiger partial charge is 0.274 e. The molecule has 0 aliphatic carbocycles. The van der Waals surface area contributed by atoms with E-state index in [-0.39, 0.29) is 17.6 Å². The van der Waals surface area contributed by atoms with Crippen molar-refractivity contribution in [3.63, 3.8) is 0 Å². The molecule has 1 aromatic carbocycles. The van der Waals surface area contributed by atoms with Crippen LogP contribution in [0.5, 0.6) is 0 Å². The van der Waals surface area contributed by atoms with E-state index in [4.69, 9.17) is 4.74 Å². The Bertz CT molecular complexity index is 1090.